The van der Waals surface area contributed by atoms with Crippen LogP contribution in [0.15, 0.2) is 35.7 Å². The Morgan fingerprint density at radius 2 is 2.23 bits per heavy atom. The number of aliphatic imine (C=N–C) groups is 1. The molecule has 2 aromatic rings. The Labute approximate surface area is 171 Å². The van der Waals surface area contributed by atoms with Crippen molar-refractivity contribution in [3.8, 4) is 5.82 Å². The van der Waals surface area contributed by atoms with E-state index < -0.39 is 0 Å². The van der Waals surface area contributed by atoms with Crippen molar-refractivity contribution in [1.29, 1.82) is 0 Å². The summed E-state index contributed by atoms with van der Waals surface area (Å²) in [6.45, 7) is 7.10. The summed E-state index contributed by atoms with van der Waals surface area (Å²) < 4.78 is 7.60. The van der Waals surface area contributed by atoms with E-state index in [-0.39, 0.29) is 24.0 Å². The predicted molar refractivity (Wildman–Crippen MR) is 113 cm³/mol. The molecule has 0 bridgehead atoms. The summed E-state index contributed by atoms with van der Waals surface area (Å²) in [5.74, 6) is 2.60. The SMILES string of the molecule is CCNC(=NCc1ccc(-n2ccnc2C)nc1)NCC1CCCO1.I. The number of nitrogens with zero attached hydrogens (tertiary/aromatic N) is 4. The second-order valence-corrected chi connectivity index (χ2v) is 6.08. The molecule has 0 aliphatic carbocycles. The Bertz CT molecular complexity index is 694. The van der Waals surface area contributed by atoms with Gasteiger partial charge in [0.2, 0.25) is 0 Å². The molecule has 1 unspecified atom stereocenters. The van der Waals surface area contributed by atoms with E-state index in [0.29, 0.717) is 12.6 Å². The lowest BCUT2D eigenvalue weighted by atomic mass is 10.2. The summed E-state index contributed by atoms with van der Waals surface area (Å²) in [5, 5.41) is 6.62. The number of rotatable bonds is 6. The van der Waals surface area contributed by atoms with Crippen molar-refractivity contribution in [2.45, 2.75) is 39.3 Å². The van der Waals surface area contributed by atoms with Crippen molar-refractivity contribution in [2.75, 3.05) is 19.7 Å². The number of aromatic nitrogens is 3. The molecule has 3 heterocycles. The fraction of sp³-hybridized carbons (Fsp3) is 0.500. The molecule has 8 heteroatoms. The zero-order valence-electron chi connectivity index (χ0n) is 15.3. The third-order valence-electron chi connectivity index (χ3n) is 4.17. The molecule has 0 amide bonds. The first-order chi connectivity index (χ1) is 12.3. The quantitative estimate of drug-likeness (QED) is 0.386. The number of nitrogens with one attached hydrogen (secondary N) is 2. The zero-order valence-corrected chi connectivity index (χ0v) is 17.6. The van der Waals surface area contributed by atoms with Crippen molar-refractivity contribution in [2.24, 2.45) is 4.99 Å². The average molecular weight is 470 g/mol. The first-order valence-electron chi connectivity index (χ1n) is 8.85. The zero-order chi connectivity index (χ0) is 17.5. The lowest BCUT2D eigenvalue weighted by Gasteiger charge is -2.14. The summed E-state index contributed by atoms with van der Waals surface area (Å²) in [6, 6.07) is 4.04. The van der Waals surface area contributed by atoms with Crippen LogP contribution in [0.3, 0.4) is 0 Å². The van der Waals surface area contributed by atoms with Crippen LogP contribution in [0.25, 0.3) is 5.82 Å². The van der Waals surface area contributed by atoms with Gasteiger partial charge in [0.15, 0.2) is 5.96 Å². The standard InChI is InChI=1S/C18H26N6O.HI/c1-3-19-18(23-13-16-5-4-10-25-16)22-12-15-6-7-17(21-11-15)24-9-8-20-14(24)2;/h6-9,11,16H,3-5,10,12-13H2,1-2H3,(H2,19,22,23);1H. The van der Waals surface area contributed by atoms with Gasteiger partial charge in [0.05, 0.1) is 12.6 Å². The van der Waals surface area contributed by atoms with Crippen LogP contribution in [0.5, 0.6) is 0 Å². The molecule has 0 radical (unpaired) electrons. The van der Waals surface area contributed by atoms with E-state index >= 15 is 0 Å². The molecule has 0 aromatic carbocycles. The molecule has 2 N–H and O–H groups in total. The molecule has 1 aliphatic rings. The maximum absolute atomic E-state index is 5.64. The Morgan fingerprint density at radius 1 is 1.35 bits per heavy atom. The van der Waals surface area contributed by atoms with Gasteiger partial charge in [-0.1, -0.05) is 6.07 Å². The highest BCUT2D eigenvalue weighted by molar-refractivity contribution is 14.0. The van der Waals surface area contributed by atoms with Crippen molar-refractivity contribution in [1.82, 2.24) is 25.2 Å². The summed E-state index contributed by atoms with van der Waals surface area (Å²) in [7, 11) is 0. The van der Waals surface area contributed by atoms with Crippen molar-refractivity contribution < 1.29 is 4.74 Å². The fourth-order valence-corrected chi connectivity index (χ4v) is 2.80. The molecule has 0 spiro atoms. The molecule has 26 heavy (non-hydrogen) atoms. The normalized spacial score (nSPS) is 17.0. The van der Waals surface area contributed by atoms with Crippen LogP contribution in [0.2, 0.25) is 0 Å². The van der Waals surface area contributed by atoms with E-state index in [9.17, 15) is 0 Å². The number of guanidine groups is 1. The van der Waals surface area contributed by atoms with Crippen LogP contribution in [-0.4, -0.2) is 46.3 Å². The molecular formula is C18H27IN6O. The van der Waals surface area contributed by atoms with Gasteiger partial charge >= 0.3 is 0 Å². The summed E-state index contributed by atoms with van der Waals surface area (Å²) in [6.07, 6.45) is 8.11. The molecule has 2 aromatic heterocycles. The van der Waals surface area contributed by atoms with Crippen molar-refractivity contribution in [3.63, 3.8) is 0 Å². The fourth-order valence-electron chi connectivity index (χ4n) is 2.80. The minimum atomic E-state index is 0. The number of pyridine rings is 1. The summed E-state index contributed by atoms with van der Waals surface area (Å²) in [5.41, 5.74) is 1.07. The Hall–Kier alpha value is -1.68. The van der Waals surface area contributed by atoms with Gasteiger partial charge in [-0.05, 0) is 38.3 Å². The highest BCUT2D eigenvalue weighted by Crippen LogP contribution is 2.11. The second kappa shape index (κ2) is 10.5. The van der Waals surface area contributed by atoms with Gasteiger partial charge in [0.25, 0.3) is 0 Å². The third kappa shape index (κ3) is 5.66. The number of ether oxygens (including phenoxy) is 1. The van der Waals surface area contributed by atoms with Gasteiger partial charge in [-0.3, -0.25) is 4.57 Å². The van der Waals surface area contributed by atoms with E-state index in [4.69, 9.17) is 4.74 Å². The Kier molecular flexibility index (Phi) is 8.30. The Morgan fingerprint density at radius 3 is 2.85 bits per heavy atom. The minimum Gasteiger partial charge on any atom is -0.376 e. The van der Waals surface area contributed by atoms with Crippen LogP contribution < -0.4 is 10.6 Å². The smallest absolute Gasteiger partial charge is 0.191 e. The van der Waals surface area contributed by atoms with Crippen molar-refractivity contribution >= 4 is 29.9 Å². The van der Waals surface area contributed by atoms with E-state index in [1.54, 1.807) is 6.20 Å². The van der Waals surface area contributed by atoms with Gasteiger partial charge in [-0.25, -0.2) is 15.0 Å². The van der Waals surface area contributed by atoms with E-state index in [0.717, 1.165) is 55.7 Å². The molecule has 0 saturated carbocycles. The van der Waals surface area contributed by atoms with Crippen LogP contribution in [0.4, 0.5) is 0 Å². The first kappa shape index (κ1) is 20.6. The number of aryl methyl sites for hydroxylation is 1. The topological polar surface area (TPSA) is 76.4 Å². The van der Waals surface area contributed by atoms with Gasteiger partial charge in [-0.2, -0.15) is 0 Å². The number of halogens is 1. The maximum Gasteiger partial charge on any atom is 0.191 e. The monoisotopic (exact) mass is 470 g/mol. The lowest BCUT2D eigenvalue weighted by molar-refractivity contribution is 0.114. The van der Waals surface area contributed by atoms with E-state index in [1.165, 1.54) is 0 Å². The molecule has 1 aliphatic heterocycles. The Balaban J connectivity index is 0.00000243. The largest absolute Gasteiger partial charge is 0.376 e. The molecule has 7 nitrogen and oxygen atoms in total. The lowest BCUT2D eigenvalue weighted by Crippen LogP contribution is -2.41. The molecule has 1 saturated heterocycles. The van der Waals surface area contributed by atoms with Crippen LogP contribution in [0, 0.1) is 6.92 Å². The first-order valence-corrected chi connectivity index (χ1v) is 8.85. The molecule has 142 valence electrons. The van der Waals surface area contributed by atoms with Crippen LogP contribution in [0.1, 0.15) is 31.2 Å². The van der Waals surface area contributed by atoms with Crippen LogP contribution in [-0.2, 0) is 11.3 Å². The number of hydrogen-bond donors (Lipinski definition) is 2. The van der Waals surface area contributed by atoms with Gasteiger partial charge in [0, 0.05) is 38.3 Å². The van der Waals surface area contributed by atoms with E-state index in [1.807, 2.05) is 30.0 Å². The number of imidazole rings is 1. The van der Waals surface area contributed by atoms with Crippen molar-refractivity contribution in [3.05, 3.63) is 42.1 Å². The third-order valence-corrected chi connectivity index (χ3v) is 4.17. The van der Waals surface area contributed by atoms with Gasteiger partial charge in [0.1, 0.15) is 11.6 Å². The van der Waals surface area contributed by atoms with Crippen LogP contribution >= 0.6 is 24.0 Å². The predicted octanol–water partition coefficient (Wildman–Crippen LogP) is 2.43. The minimum absolute atomic E-state index is 0. The second-order valence-electron chi connectivity index (χ2n) is 6.08. The highest BCUT2D eigenvalue weighted by Gasteiger charge is 2.15. The molecule has 3 rings (SSSR count). The van der Waals surface area contributed by atoms with Gasteiger partial charge < -0.3 is 15.4 Å². The number of hydrogen-bond acceptors (Lipinski definition) is 4. The average Bonchev–Trinajstić information content (AvgIpc) is 3.29. The maximum atomic E-state index is 5.64. The van der Waals surface area contributed by atoms with Gasteiger partial charge in [-0.15, -0.1) is 24.0 Å². The molecular weight excluding hydrogens is 443 g/mol. The summed E-state index contributed by atoms with van der Waals surface area (Å²) >= 11 is 0. The molecule has 1 atom stereocenters. The summed E-state index contributed by atoms with van der Waals surface area (Å²) in [4.78, 5) is 13.4. The van der Waals surface area contributed by atoms with E-state index in [2.05, 4.69) is 38.6 Å². The molecule has 1 fully saturated rings. The highest BCUT2D eigenvalue weighted by atomic mass is 127.